The predicted molar refractivity (Wildman–Crippen MR) is 82.7 cm³/mol. The molecule has 0 saturated heterocycles. The van der Waals surface area contributed by atoms with Crippen LogP contribution in [0, 0.1) is 0 Å². The van der Waals surface area contributed by atoms with Gasteiger partial charge in [-0.15, -0.1) is 0 Å². The van der Waals surface area contributed by atoms with E-state index in [1.54, 1.807) is 18.2 Å². The number of halogens is 2. The summed E-state index contributed by atoms with van der Waals surface area (Å²) in [7, 11) is 0. The van der Waals surface area contributed by atoms with Crippen LogP contribution in [0.25, 0.3) is 0 Å². The monoisotopic (exact) mass is 396 g/mol. The second-order valence-corrected chi connectivity index (χ2v) is 5.99. The van der Waals surface area contributed by atoms with Crippen molar-refractivity contribution in [2.24, 2.45) is 0 Å². The molecule has 20 heavy (non-hydrogen) atoms. The zero-order valence-corrected chi connectivity index (χ0v) is 13.5. The van der Waals surface area contributed by atoms with Gasteiger partial charge in [-0.2, -0.15) is 0 Å². The average Bonchev–Trinajstić information content (AvgIpc) is 2.46. The summed E-state index contributed by atoms with van der Waals surface area (Å²) in [6.45, 7) is 1.02. The summed E-state index contributed by atoms with van der Waals surface area (Å²) in [5.41, 5.74) is 1.17. The van der Waals surface area contributed by atoms with Crippen LogP contribution < -0.4 is 9.47 Å². The van der Waals surface area contributed by atoms with E-state index in [1.165, 1.54) is 0 Å². The van der Waals surface area contributed by atoms with Gasteiger partial charge in [-0.05, 0) is 40.2 Å². The first-order valence-corrected chi connectivity index (χ1v) is 7.64. The second kappa shape index (κ2) is 5.58. The molecular weight excluding hydrogens is 388 g/mol. The molecule has 0 aliphatic carbocycles. The SMILES string of the molecule is O=C(c1ccccc1Br)c1cc2c(cc1Br)OCCO2. The van der Waals surface area contributed by atoms with Crippen molar-refractivity contribution < 1.29 is 14.3 Å². The highest BCUT2D eigenvalue weighted by Gasteiger charge is 2.20. The minimum absolute atomic E-state index is 0.0682. The molecule has 2 aromatic rings. The van der Waals surface area contributed by atoms with Crippen molar-refractivity contribution in [3.05, 3.63) is 56.5 Å². The van der Waals surface area contributed by atoms with Gasteiger partial charge in [-0.25, -0.2) is 0 Å². The summed E-state index contributed by atoms with van der Waals surface area (Å²) in [6, 6.07) is 10.8. The van der Waals surface area contributed by atoms with Crippen LogP contribution >= 0.6 is 31.9 Å². The lowest BCUT2D eigenvalue weighted by atomic mass is 10.0. The van der Waals surface area contributed by atoms with Gasteiger partial charge in [0, 0.05) is 20.1 Å². The molecule has 0 saturated carbocycles. The number of hydrogen-bond acceptors (Lipinski definition) is 3. The fourth-order valence-corrected chi connectivity index (χ4v) is 3.00. The molecule has 102 valence electrons. The van der Waals surface area contributed by atoms with Crippen LogP contribution in [-0.2, 0) is 0 Å². The number of carbonyl (C=O) groups is 1. The fourth-order valence-electron chi connectivity index (χ4n) is 2.03. The molecule has 0 spiro atoms. The zero-order valence-electron chi connectivity index (χ0n) is 10.4. The average molecular weight is 398 g/mol. The van der Waals surface area contributed by atoms with Crippen LogP contribution in [-0.4, -0.2) is 19.0 Å². The van der Waals surface area contributed by atoms with Crippen LogP contribution in [0.15, 0.2) is 45.3 Å². The molecule has 3 nitrogen and oxygen atoms in total. The Balaban J connectivity index is 2.06. The third-order valence-electron chi connectivity index (χ3n) is 2.99. The summed E-state index contributed by atoms with van der Waals surface area (Å²) in [5, 5.41) is 0. The Morgan fingerprint density at radius 1 is 0.900 bits per heavy atom. The lowest BCUT2D eigenvalue weighted by molar-refractivity contribution is 0.103. The molecule has 1 aliphatic rings. The summed E-state index contributed by atoms with van der Waals surface area (Å²) >= 11 is 6.83. The number of benzene rings is 2. The molecule has 0 N–H and O–H groups in total. The third kappa shape index (κ3) is 2.47. The maximum Gasteiger partial charge on any atom is 0.195 e. The van der Waals surface area contributed by atoms with Gasteiger partial charge in [0.2, 0.25) is 0 Å². The highest BCUT2D eigenvalue weighted by Crippen LogP contribution is 2.36. The number of ether oxygens (including phenoxy) is 2. The van der Waals surface area contributed by atoms with E-state index in [0.29, 0.717) is 40.3 Å². The molecule has 5 heteroatoms. The largest absolute Gasteiger partial charge is 0.486 e. The molecule has 1 heterocycles. The Labute approximate surface area is 133 Å². The van der Waals surface area contributed by atoms with E-state index < -0.39 is 0 Å². The van der Waals surface area contributed by atoms with Crippen molar-refractivity contribution in [2.75, 3.05) is 13.2 Å². The summed E-state index contributed by atoms with van der Waals surface area (Å²) in [6.07, 6.45) is 0. The maximum atomic E-state index is 12.6. The predicted octanol–water partition coefficient (Wildman–Crippen LogP) is 4.21. The minimum atomic E-state index is -0.0682. The van der Waals surface area contributed by atoms with E-state index >= 15 is 0 Å². The first-order chi connectivity index (χ1) is 9.66. The fraction of sp³-hybridized carbons (Fsp3) is 0.133. The zero-order chi connectivity index (χ0) is 14.1. The number of rotatable bonds is 2. The second-order valence-electron chi connectivity index (χ2n) is 4.28. The molecule has 3 rings (SSSR count). The molecule has 0 bridgehead atoms. The van der Waals surface area contributed by atoms with Gasteiger partial charge in [0.15, 0.2) is 17.3 Å². The van der Waals surface area contributed by atoms with Crippen molar-refractivity contribution in [3.63, 3.8) is 0 Å². The Hall–Kier alpha value is -1.33. The van der Waals surface area contributed by atoms with Gasteiger partial charge < -0.3 is 9.47 Å². The number of carbonyl (C=O) groups excluding carboxylic acids is 1. The Morgan fingerprint density at radius 3 is 2.25 bits per heavy atom. The van der Waals surface area contributed by atoms with Crippen molar-refractivity contribution >= 4 is 37.6 Å². The lowest BCUT2D eigenvalue weighted by Gasteiger charge is -2.19. The van der Waals surface area contributed by atoms with Crippen LogP contribution in [0.4, 0.5) is 0 Å². The number of ketones is 1. The normalized spacial score (nSPS) is 13.1. The third-order valence-corrected chi connectivity index (χ3v) is 4.34. The van der Waals surface area contributed by atoms with Crippen LogP contribution in [0.1, 0.15) is 15.9 Å². The summed E-state index contributed by atoms with van der Waals surface area (Å²) < 4.78 is 12.5. The first-order valence-electron chi connectivity index (χ1n) is 6.05. The Bertz CT molecular complexity index is 683. The molecule has 0 amide bonds. The van der Waals surface area contributed by atoms with Gasteiger partial charge in [-0.1, -0.05) is 28.1 Å². The van der Waals surface area contributed by atoms with E-state index in [0.717, 1.165) is 4.47 Å². The highest BCUT2D eigenvalue weighted by molar-refractivity contribution is 9.11. The van der Waals surface area contributed by atoms with Crippen LogP contribution in [0.5, 0.6) is 11.5 Å². The number of hydrogen-bond donors (Lipinski definition) is 0. The lowest BCUT2D eigenvalue weighted by Crippen LogP contribution is -2.16. The van der Waals surface area contributed by atoms with E-state index in [9.17, 15) is 4.79 Å². The number of fused-ring (bicyclic) bond motifs is 1. The summed E-state index contributed by atoms with van der Waals surface area (Å²) in [5.74, 6) is 1.20. The Morgan fingerprint density at radius 2 is 1.55 bits per heavy atom. The topological polar surface area (TPSA) is 35.5 Å². The van der Waals surface area contributed by atoms with Gasteiger partial charge in [0.25, 0.3) is 0 Å². The van der Waals surface area contributed by atoms with Gasteiger partial charge >= 0.3 is 0 Å². The molecule has 0 unspecified atom stereocenters. The quantitative estimate of drug-likeness (QED) is 0.712. The highest BCUT2D eigenvalue weighted by atomic mass is 79.9. The Kier molecular flexibility index (Phi) is 3.81. The van der Waals surface area contributed by atoms with Gasteiger partial charge in [-0.3, -0.25) is 4.79 Å². The van der Waals surface area contributed by atoms with Crippen molar-refractivity contribution in [2.45, 2.75) is 0 Å². The van der Waals surface area contributed by atoms with Crippen LogP contribution in [0.3, 0.4) is 0 Å². The smallest absolute Gasteiger partial charge is 0.195 e. The first kappa shape index (κ1) is 13.6. The van der Waals surface area contributed by atoms with Gasteiger partial charge in [0.1, 0.15) is 13.2 Å². The van der Waals surface area contributed by atoms with Crippen molar-refractivity contribution in [1.29, 1.82) is 0 Å². The van der Waals surface area contributed by atoms with Crippen LogP contribution in [0.2, 0.25) is 0 Å². The van der Waals surface area contributed by atoms with E-state index in [4.69, 9.17) is 9.47 Å². The van der Waals surface area contributed by atoms with Crippen molar-refractivity contribution in [3.8, 4) is 11.5 Å². The molecule has 0 fully saturated rings. The molecule has 2 aromatic carbocycles. The van der Waals surface area contributed by atoms with E-state index in [1.807, 2.05) is 18.2 Å². The minimum Gasteiger partial charge on any atom is -0.486 e. The molecule has 0 atom stereocenters. The molecular formula is C15H10Br2O3. The molecule has 0 aromatic heterocycles. The van der Waals surface area contributed by atoms with Gasteiger partial charge in [0.05, 0.1) is 0 Å². The standard InChI is InChI=1S/C15H10Br2O3/c16-11-4-2-1-3-9(11)15(18)10-7-13-14(8-12(10)17)20-6-5-19-13/h1-4,7-8H,5-6H2. The van der Waals surface area contributed by atoms with E-state index in [2.05, 4.69) is 31.9 Å². The van der Waals surface area contributed by atoms with E-state index in [-0.39, 0.29) is 5.78 Å². The summed E-state index contributed by atoms with van der Waals surface area (Å²) in [4.78, 5) is 12.6. The molecule has 0 radical (unpaired) electrons. The van der Waals surface area contributed by atoms with Crippen molar-refractivity contribution in [1.82, 2.24) is 0 Å². The molecule has 1 aliphatic heterocycles. The maximum absolute atomic E-state index is 12.6.